The Morgan fingerprint density at radius 1 is 1.15 bits per heavy atom. The molecule has 20 heavy (non-hydrogen) atoms. The standard InChI is InChI=1S/C16H10ClFO2/c17-12-3-1-10(2-4-12)7-11-9-20-15-6-5-13(18)8-14(15)16(11)19/h1-8H,9H2. The van der Waals surface area contributed by atoms with Crippen LogP contribution in [0, 0.1) is 5.82 Å². The summed E-state index contributed by atoms with van der Waals surface area (Å²) in [5.41, 5.74) is 1.60. The quantitative estimate of drug-likeness (QED) is 0.737. The summed E-state index contributed by atoms with van der Waals surface area (Å²) in [6.45, 7) is 0.181. The van der Waals surface area contributed by atoms with Gasteiger partial charge in [-0.15, -0.1) is 0 Å². The van der Waals surface area contributed by atoms with Crippen molar-refractivity contribution in [2.45, 2.75) is 0 Å². The average Bonchev–Trinajstić information content (AvgIpc) is 2.45. The predicted molar refractivity (Wildman–Crippen MR) is 75.7 cm³/mol. The van der Waals surface area contributed by atoms with Crippen molar-refractivity contribution in [2.75, 3.05) is 6.61 Å². The highest BCUT2D eigenvalue weighted by molar-refractivity contribution is 6.30. The van der Waals surface area contributed by atoms with E-state index in [-0.39, 0.29) is 18.0 Å². The van der Waals surface area contributed by atoms with Gasteiger partial charge in [0.15, 0.2) is 5.78 Å². The first-order valence-electron chi connectivity index (χ1n) is 6.07. The third-order valence-corrected chi connectivity index (χ3v) is 3.32. The van der Waals surface area contributed by atoms with Crippen LogP contribution >= 0.6 is 11.6 Å². The van der Waals surface area contributed by atoms with E-state index in [0.29, 0.717) is 16.3 Å². The third kappa shape index (κ3) is 2.45. The summed E-state index contributed by atoms with van der Waals surface area (Å²) >= 11 is 5.81. The number of rotatable bonds is 1. The molecule has 0 atom stereocenters. The molecule has 1 aliphatic rings. The Hall–Kier alpha value is -2.13. The van der Waals surface area contributed by atoms with Gasteiger partial charge in [-0.1, -0.05) is 23.7 Å². The number of fused-ring (bicyclic) bond motifs is 1. The Labute approximate surface area is 120 Å². The SMILES string of the molecule is O=C1C(=Cc2ccc(Cl)cc2)COc2ccc(F)cc21. The molecule has 0 spiro atoms. The number of hydrogen-bond acceptors (Lipinski definition) is 2. The molecule has 1 aliphatic heterocycles. The molecule has 2 aromatic rings. The highest BCUT2D eigenvalue weighted by Crippen LogP contribution is 2.28. The van der Waals surface area contributed by atoms with Gasteiger partial charge in [-0.2, -0.15) is 0 Å². The molecule has 0 N–H and O–H groups in total. The molecule has 0 radical (unpaired) electrons. The van der Waals surface area contributed by atoms with Crippen molar-refractivity contribution in [2.24, 2.45) is 0 Å². The van der Waals surface area contributed by atoms with Crippen LogP contribution in [0.1, 0.15) is 15.9 Å². The first kappa shape index (κ1) is 12.9. The second-order valence-electron chi connectivity index (χ2n) is 4.48. The van der Waals surface area contributed by atoms with Crippen LogP contribution in [-0.2, 0) is 0 Å². The lowest BCUT2D eigenvalue weighted by molar-refractivity contribution is 0.1000. The van der Waals surface area contributed by atoms with E-state index < -0.39 is 5.82 Å². The zero-order valence-corrected chi connectivity index (χ0v) is 11.2. The van der Waals surface area contributed by atoms with Gasteiger partial charge in [-0.3, -0.25) is 4.79 Å². The van der Waals surface area contributed by atoms with Gasteiger partial charge in [0.25, 0.3) is 0 Å². The normalized spacial score (nSPS) is 15.9. The van der Waals surface area contributed by atoms with E-state index in [1.165, 1.54) is 18.2 Å². The minimum Gasteiger partial charge on any atom is -0.488 e. The minimum absolute atomic E-state index is 0.181. The molecule has 2 aromatic carbocycles. The molecule has 0 amide bonds. The summed E-state index contributed by atoms with van der Waals surface area (Å²) in [7, 11) is 0. The summed E-state index contributed by atoms with van der Waals surface area (Å²) in [6, 6.07) is 11.1. The molecule has 2 nitrogen and oxygen atoms in total. The van der Waals surface area contributed by atoms with Crippen LogP contribution in [0.15, 0.2) is 48.0 Å². The molecule has 0 bridgehead atoms. The minimum atomic E-state index is -0.451. The fraction of sp³-hybridized carbons (Fsp3) is 0.0625. The van der Waals surface area contributed by atoms with Crippen molar-refractivity contribution >= 4 is 23.5 Å². The predicted octanol–water partition coefficient (Wildman–Crippen LogP) is 4.14. The summed E-state index contributed by atoms with van der Waals surface area (Å²) in [5.74, 6) is -0.237. The fourth-order valence-electron chi connectivity index (χ4n) is 2.07. The zero-order chi connectivity index (χ0) is 14.1. The molecular weight excluding hydrogens is 279 g/mol. The average molecular weight is 289 g/mol. The van der Waals surface area contributed by atoms with Crippen molar-refractivity contribution in [3.63, 3.8) is 0 Å². The van der Waals surface area contributed by atoms with E-state index >= 15 is 0 Å². The van der Waals surface area contributed by atoms with Crippen molar-refractivity contribution < 1.29 is 13.9 Å². The molecule has 100 valence electrons. The van der Waals surface area contributed by atoms with Gasteiger partial charge in [0, 0.05) is 10.6 Å². The van der Waals surface area contributed by atoms with Crippen molar-refractivity contribution in [3.8, 4) is 5.75 Å². The van der Waals surface area contributed by atoms with E-state index in [2.05, 4.69) is 0 Å². The van der Waals surface area contributed by atoms with Gasteiger partial charge >= 0.3 is 0 Å². The van der Waals surface area contributed by atoms with Crippen molar-refractivity contribution in [3.05, 3.63) is 70.0 Å². The lowest BCUT2D eigenvalue weighted by atomic mass is 9.98. The monoisotopic (exact) mass is 288 g/mol. The molecule has 3 rings (SSSR count). The zero-order valence-electron chi connectivity index (χ0n) is 10.4. The number of hydrogen-bond donors (Lipinski definition) is 0. The highest BCUT2D eigenvalue weighted by Gasteiger charge is 2.23. The number of carbonyl (C=O) groups is 1. The van der Waals surface area contributed by atoms with E-state index in [0.717, 1.165) is 5.56 Å². The van der Waals surface area contributed by atoms with Crippen LogP contribution < -0.4 is 4.74 Å². The Kier molecular flexibility index (Phi) is 3.28. The van der Waals surface area contributed by atoms with Gasteiger partial charge in [0.2, 0.25) is 0 Å². The molecule has 0 aromatic heterocycles. The number of benzene rings is 2. The van der Waals surface area contributed by atoms with E-state index in [4.69, 9.17) is 16.3 Å². The topological polar surface area (TPSA) is 26.3 Å². The molecular formula is C16H10ClFO2. The van der Waals surface area contributed by atoms with Crippen LogP contribution in [-0.4, -0.2) is 12.4 Å². The number of ketones is 1. The lowest BCUT2D eigenvalue weighted by Gasteiger charge is -2.18. The van der Waals surface area contributed by atoms with E-state index in [9.17, 15) is 9.18 Å². The summed E-state index contributed by atoms with van der Waals surface area (Å²) in [4.78, 5) is 12.3. The fourth-order valence-corrected chi connectivity index (χ4v) is 2.19. The molecule has 4 heteroatoms. The molecule has 0 saturated carbocycles. The molecule has 0 unspecified atom stereocenters. The summed E-state index contributed by atoms with van der Waals surface area (Å²) < 4.78 is 18.7. The van der Waals surface area contributed by atoms with E-state index in [1.807, 2.05) is 12.1 Å². The first-order valence-corrected chi connectivity index (χ1v) is 6.44. The smallest absolute Gasteiger partial charge is 0.196 e. The van der Waals surface area contributed by atoms with Crippen LogP contribution in [0.25, 0.3) is 6.08 Å². The van der Waals surface area contributed by atoms with Gasteiger partial charge < -0.3 is 4.74 Å². The summed E-state index contributed by atoms with van der Waals surface area (Å²) in [5, 5.41) is 0.630. The van der Waals surface area contributed by atoms with Gasteiger partial charge in [0.1, 0.15) is 18.2 Å². The van der Waals surface area contributed by atoms with Gasteiger partial charge in [-0.25, -0.2) is 4.39 Å². The lowest BCUT2D eigenvalue weighted by Crippen LogP contribution is -2.19. The molecule has 0 saturated heterocycles. The third-order valence-electron chi connectivity index (χ3n) is 3.07. The van der Waals surface area contributed by atoms with Crippen molar-refractivity contribution in [1.82, 2.24) is 0 Å². The maximum absolute atomic E-state index is 13.2. The second-order valence-corrected chi connectivity index (χ2v) is 4.92. The van der Waals surface area contributed by atoms with Crippen LogP contribution in [0.5, 0.6) is 5.75 Å². The van der Waals surface area contributed by atoms with E-state index in [1.54, 1.807) is 18.2 Å². The second kappa shape index (κ2) is 5.10. The largest absolute Gasteiger partial charge is 0.488 e. The Morgan fingerprint density at radius 3 is 2.65 bits per heavy atom. The maximum atomic E-state index is 13.2. The Bertz CT molecular complexity index is 705. The number of carbonyl (C=O) groups excluding carboxylic acids is 1. The number of halogens is 2. The van der Waals surface area contributed by atoms with Crippen LogP contribution in [0.4, 0.5) is 4.39 Å². The van der Waals surface area contributed by atoms with Gasteiger partial charge in [-0.05, 0) is 42.0 Å². The molecule has 0 fully saturated rings. The Morgan fingerprint density at radius 2 is 1.90 bits per heavy atom. The number of Topliss-reactive ketones (excluding diaryl/α,β-unsaturated/α-hetero) is 1. The van der Waals surface area contributed by atoms with Crippen LogP contribution in [0.3, 0.4) is 0 Å². The first-order chi connectivity index (χ1) is 9.63. The number of ether oxygens (including phenoxy) is 1. The highest BCUT2D eigenvalue weighted by atomic mass is 35.5. The maximum Gasteiger partial charge on any atom is 0.196 e. The van der Waals surface area contributed by atoms with Crippen LogP contribution in [0.2, 0.25) is 5.02 Å². The summed E-state index contributed by atoms with van der Waals surface area (Å²) in [6.07, 6.45) is 1.73. The molecule has 0 aliphatic carbocycles. The van der Waals surface area contributed by atoms with Crippen molar-refractivity contribution in [1.29, 1.82) is 0 Å². The molecule has 1 heterocycles. The van der Waals surface area contributed by atoms with Gasteiger partial charge in [0.05, 0.1) is 5.56 Å². The Balaban J connectivity index is 1.97.